The molecule has 0 spiro atoms. The molecule has 0 amide bonds. The van der Waals surface area contributed by atoms with Gasteiger partial charge in [0.15, 0.2) is 5.11 Å². The summed E-state index contributed by atoms with van der Waals surface area (Å²) in [5, 5.41) is 4.77. The maximum absolute atomic E-state index is 12.7. The average Bonchev–Trinajstić information content (AvgIpc) is 2.77. The SMILES string of the molecule is CCOc1ccc2[nH]c(=O)c(CN(Cc3cccnc3)C(=S)NCCCOC)cc2c1. The molecule has 2 heterocycles. The summed E-state index contributed by atoms with van der Waals surface area (Å²) in [6.07, 6.45) is 4.38. The van der Waals surface area contributed by atoms with E-state index in [4.69, 9.17) is 21.7 Å². The highest BCUT2D eigenvalue weighted by molar-refractivity contribution is 7.80. The van der Waals surface area contributed by atoms with Gasteiger partial charge in [-0.05, 0) is 61.5 Å². The van der Waals surface area contributed by atoms with Gasteiger partial charge in [0.05, 0.1) is 13.2 Å². The number of thiocarbonyl (C=S) groups is 1. The minimum Gasteiger partial charge on any atom is -0.494 e. The third-order valence-corrected chi connectivity index (χ3v) is 5.15. The summed E-state index contributed by atoms with van der Waals surface area (Å²) in [6, 6.07) is 11.4. The number of H-pyrrole nitrogens is 1. The lowest BCUT2D eigenvalue weighted by Crippen LogP contribution is -2.40. The second-order valence-corrected chi connectivity index (χ2v) is 7.49. The van der Waals surface area contributed by atoms with Crippen molar-refractivity contribution in [2.24, 2.45) is 0 Å². The molecule has 164 valence electrons. The van der Waals surface area contributed by atoms with E-state index in [-0.39, 0.29) is 5.56 Å². The molecule has 31 heavy (non-hydrogen) atoms. The number of methoxy groups -OCH3 is 1. The lowest BCUT2D eigenvalue weighted by atomic mass is 10.1. The first-order valence-electron chi connectivity index (χ1n) is 10.3. The van der Waals surface area contributed by atoms with Gasteiger partial charge in [0.25, 0.3) is 5.56 Å². The number of aromatic amines is 1. The van der Waals surface area contributed by atoms with Crippen molar-refractivity contribution in [3.8, 4) is 5.75 Å². The standard InChI is InChI=1S/C23H28N4O3S/c1-3-30-20-7-8-21-18(13-20)12-19(22(28)26-21)16-27(15-17-6-4-9-24-14-17)23(31)25-10-5-11-29-2/h4,6-9,12-14H,3,5,10-11,15-16H2,1-2H3,(H,25,31)(H,26,28). The van der Waals surface area contributed by atoms with Crippen molar-refractivity contribution < 1.29 is 9.47 Å². The first kappa shape index (κ1) is 22.7. The molecule has 0 saturated carbocycles. The maximum Gasteiger partial charge on any atom is 0.253 e. The molecule has 0 aliphatic heterocycles. The van der Waals surface area contributed by atoms with Crippen LogP contribution in [0.25, 0.3) is 10.9 Å². The zero-order valence-electron chi connectivity index (χ0n) is 17.9. The number of hydrogen-bond donors (Lipinski definition) is 2. The quantitative estimate of drug-likeness (QED) is 0.370. The molecule has 0 atom stereocenters. The molecule has 0 unspecified atom stereocenters. The molecule has 3 rings (SSSR count). The molecule has 1 aromatic carbocycles. The largest absolute Gasteiger partial charge is 0.494 e. The van der Waals surface area contributed by atoms with E-state index in [1.54, 1.807) is 19.5 Å². The molecule has 0 saturated heterocycles. The molecule has 0 bridgehead atoms. The van der Waals surface area contributed by atoms with Gasteiger partial charge < -0.3 is 24.7 Å². The Morgan fingerprint density at radius 3 is 2.87 bits per heavy atom. The highest BCUT2D eigenvalue weighted by Crippen LogP contribution is 2.20. The molecular formula is C23H28N4O3S. The second kappa shape index (κ2) is 11.4. The van der Waals surface area contributed by atoms with Crippen LogP contribution < -0.4 is 15.6 Å². The summed E-state index contributed by atoms with van der Waals surface area (Å²) in [7, 11) is 1.68. The Kier molecular flexibility index (Phi) is 8.37. The van der Waals surface area contributed by atoms with Crippen LogP contribution in [-0.2, 0) is 17.8 Å². The van der Waals surface area contributed by atoms with Crippen molar-refractivity contribution >= 4 is 28.2 Å². The van der Waals surface area contributed by atoms with Gasteiger partial charge in [-0.3, -0.25) is 9.78 Å². The topological polar surface area (TPSA) is 79.5 Å². The van der Waals surface area contributed by atoms with Crippen LogP contribution in [0.5, 0.6) is 5.75 Å². The Morgan fingerprint density at radius 2 is 2.13 bits per heavy atom. The zero-order chi connectivity index (χ0) is 22.1. The zero-order valence-corrected chi connectivity index (χ0v) is 18.7. The van der Waals surface area contributed by atoms with Crippen LogP contribution in [-0.4, -0.2) is 46.8 Å². The van der Waals surface area contributed by atoms with E-state index >= 15 is 0 Å². The third-order valence-electron chi connectivity index (χ3n) is 4.75. The second-order valence-electron chi connectivity index (χ2n) is 7.10. The van der Waals surface area contributed by atoms with E-state index in [1.807, 2.05) is 48.2 Å². The van der Waals surface area contributed by atoms with Gasteiger partial charge in [-0.1, -0.05) is 6.07 Å². The molecule has 2 N–H and O–H groups in total. The van der Waals surface area contributed by atoms with Gasteiger partial charge in [-0.2, -0.15) is 0 Å². The Hall–Kier alpha value is -2.97. The van der Waals surface area contributed by atoms with Crippen molar-refractivity contribution in [2.45, 2.75) is 26.4 Å². The normalized spacial score (nSPS) is 10.8. The van der Waals surface area contributed by atoms with E-state index in [1.165, 1.54) is 0 Å². The number of rotatable bonds is 10. The Bertz CT molecular complexity index is 1060. The molecule has 7 nitrogen and oxygen atoms in total. The van der Waals surface area contributed by atoms with Crippen LogP contribution in [0.3, 0.4) is 0 Å². The predicted molar refractivity (Wildman–Crippen MR) is 126 cm³/mol. The smallest absolute Gasteiger partial charge is 0.253 e. The lowest BCUT2D eigenvalue weighted by molar-refractivity contribution is 0.195. The monoisotopic (exact) mass is 440 g/mol. The number of pyridine rings is 2. The molecule has 0 radical (unpaired) electrons. The number of hydrogen-bond acceptors (Lipinski definition) is 5. The molecule has 3 aromatic rings. The Labute approximate surface area is 187 Å². The highest BCUT2D eigenvalue weighted by atomic mass is 32.1. The Morgan fingerprint density at radius 1 is 1.26 bits per heavy atom. The summed E-state index contributed by atoms with van der Waals surface area (Å²) >= 11 is 5.64. The van der Waals surface area contributed by atoms with E-state index in [9.17, 15) is 4.79 Å². The summed E-state index contributed by atoms with van der Waals surface area (Å²) in [6.45, 7) is 4.80. The van der Waals surface area contributed by atoms with E-state index in [2.05, 4.69) is 15.3 Å². The summed E-state index contributed by atoms with van der Waals surface area (Å²) in [5.41, 5.74) is 2.29. The molecule has 0 fully saturated rings. The summed E-state index contributed by atoms with van der Waals surface area (Å²) < 4.78 is 10.7. The van der Waals surface area contributed by atoms with Crippen molar-refractivity contribution in [1.29, 1.82) is 0 Å². The average molecular weight is 441 g/mol. The first-order chi connectivity index (χ1) is 15.1. The third kappa shape index (κ3) is 6.50. The summed E-state index contributed by atoms with van der Waals surface area (Å²) in [5.74, 6) is 0.774. The van der Waals surface area contributed by atoms with Crippen molar-refractivity contribution in [1.82, 2.24) is 20.2 Å². The van der Waals surface area contributed by atoms with Gasteiger partial charge in [0.1, 0.15) is 5.75 Å². The number of nitrogens with one attached hydrogen (secondary N) is 2. The van der Waals surface area contributed by atoms with Crippen LogP contribution in [0.15, 0.2) is 53.6 Å². The number of nitrogens with zero attached hydrogens (tertiary/aromatic N) is 2. The summed E-state index contributed by atoms with van der Waals surface area (Å²) in [4.78, 5) is 21.9. The van der Waals surface area contributed by atoms with Crippen LogP contribution in [0.2, 0.25) is 0 Å². The first-order valence-corrected chi connectivity index (χ1v) is 10.7. The number of fused-ring (bicyclic) bond motifs is 1. The number of aromatic nitrogens is 2. The molecule has 2 aromatic heterocycles. The fraction of sp³-hybridized carbons (Fsp3) is 0.348. The van der Waals surface area contributed by atoms with E-state index < -0.39 is 0 Å². The minimum atomic E-state index is -0.130. The predicted octanol–water partition coefficient (Wildman–Crippen LogP) is 3.24. The van der Waals surface area contributed by atoms with Crippen LogP contribution in [0.1, 0.15) is 24.5 Å². The van der Waals surface area contributed by atoms with Gasteiger partial charge in [0.2, 0.25) is 0 Å². The van der Waals surface area contributed by atoms with Crippen molar-refractivity contribution in [2.75, 3.05) is 26.9 Å². The van der Waals surface area contributed by atoms with E-state index in [0.717, 1.165) is 28.6 Å². The lowest BCUT2D eigenvalue weighted by Gasteiger charge is -2.26. The highest BCUT2D eigenvalue weighted by Gasteiger charge is 2.14. The van der Waals surface area contributed by atoms with Crippen molar-refractivity contribution in [3.63, 3.8) is 0 Å². The van der Waals surface area contributed by atoms with Crippen LogP contribution in [0.4, 0.5) is 0 Å². The van der Waals surface area contributed by atoms with Crippen LogP contribution >= 0.6 is 12.2 Å². The Balaban J connectivity index is 1.84. The van der Waals surface area contributed by atoms with Crippen LogP contribution in [0, 0.1) is 0 Å². The maximum atomic E-state index is 12.7. The van der Waals surface area contributed by atoms with Gasteiger partial charge in [-0.25, -0.2) is 0 Å². The molecule has 8 heteroatoms. The number of benzene rings is 1. The number of ether oxygens (including phenoxy) is 2. The molecular weight excluding hydrogens is 412 g/mol. The minimum absolute atomic E-state index is 0.130. The van der Waals surface area contributed by atoms with Gasteiger partial charge >= 0.3 is 0 Å². The van der Waals surface area contributed by atoms with Gasteiger partial charge in [-0.15, -0.1) is 0 Å². The fourth-order valence-corrected chi connectivity index (χ4v) is 3.48. The van der Waals surface area contributed by atoms with Crippen molar-refractivity contribution in [3.05, 3.63) is 70.3 Å². The fourth-order valence-electron chi connectivity index (χ4n) is 3.24. The molecule has 0 aliphatic carbocycles. The van der Waals surface area contributed by atoms with E-state index in [0.29, 0.717) is 43.5 Å². The van der Waals surface area contributed by atoms with Gasteiger partial charge in [0, 0.05) is 55.7 Å². The molecule has 0 aliphatic rings.